The average molecular weight is 513 g/mol. The van der Waals surface area contributed by atoms with E-state index in [0.717, 1.165) is 16.7 Å². The monoisotopic (exact) mass is 512 g/mol. The fourth-order valence-electron chi connectivity index (χ4n) is 3.58. The van der Waals surface area contributed by atoms with Crippen LogP contribution >= 0.6 is 23.4 Å². The molecule has 2 aromatic rings. The van der Waals surface area contributed by atoms with E-state index in [9.17, 15) is 18.5 Å². The van der Waals surface area contributed by atoms with E-state index < -0.39 is 32.6 Å². The predicted octanol–water partition coefficient (Wildman–Crippen LogP) is 2.54. The number of anilines is 2. The predicted molar refractivity (Wildman–Crippen MR) is 119 cm³/mol. The number of nitrogens with one attached hydrogen (secondary N) is 1. The van der Waals surface area contributed by atoms with Gasteiger partial charge in [0.1, 0.15) is 16.8 Å². The third kappa shape index (κ3) is 3.21. The van der Waals surface area contributed by atoms with Crippen molar-refractivity contribution < 1.29 is 31.9 Å². The second-order valence-corrected chi connectivity index (χ2v) is 10.2. The summed E-state index contributed by atoms with van der Waals surface area (Å²) >= 11 is 6.85. The maximum Gasteiger partial charge on any atom is 0.297 e. The standard InChI is InChI=1S/C19H17ClN4O7S2/c1-11-15(20)16(31-22-11)23-33(26,27)19-14(29-10-30-19)9-32-18(19,28-3)17(25)24(2)13-7-5-4-6-12(13)8-21/h4-7,9,23H,10H2,1-3H3. The highest BCUT2D eigenvalue weighted by Gasteiger charge is 2.76. The van der Waals surface area contributed by atoms with Gasteiger partial charge in [-0.05, 0) is 19.1 Å². The van der Waals surface area contributed by atoms with E-state index in [1.807, 2.05) is 6.07 Å². The van der Waals surface area contributed by atoms with E-state index in [4.69, 9.17) is 30.3 Å². The number of nitriles is 1. The number of thioether (sulfide) groups is 1. The largest absolute Gasteiger partial charge is 0.467 e. The van der Waals surface area contributed by atoms with Gasteiger partial charge in [0.05, 0.1) is 11.3 Å². The van der Waals surface area contributed by atoms with Gasteiger partial charge in [0, 0.05) is 19.6 Å². The highest BCUT2D eigenvalue weighted by molar-refractivity contribution is 8.06. The van der Waals surface area contributed by atoms with Crippen molar-refractivity contribution in [3.05, 3.63) is 51.7 Å². The van der Waals surface area contributed by atoms with Crippen LogP contribution in [0.4, 0.5) is 11.6 Å². The normalized spacial score (nSPS) is 23.9. The molecule has 1 aromatic heterocycles. The third-order valence-corrected chi connectivity index (χ3v) is 8.91. The molecule has 1 fully saturated rings. The number of fused-ring (bicyclic) bond motifs is 1. The number of likely N-dealkylation sites (N-methyl/N-ethyl adjacent to an activating group) is 1. The van der Waals surface area contributed by atoms with Crippen LogP contribution in [0.1, 0.15) is 11.3 Å². The Labute approximate surface area is 198 Å². The number of nitrogens with zero attached hydrogens (tertiary/aromatic N) is 3. The summed E-state index contributed by atoms with van der Waals surface area (Å²) < 4.78 is 51.2. The van der Waals surface area contributed by atoms with E-state index in [2.05, 4.69) is 9.88 Å². The summed E-state index contributed by atoms with van der Waals surface area (Å²) in [5.41, 5.74) is 0.719. The molecule has 2 unspecified atom stereocenters. The van der Waals surface area contributed by atoms with Crippen molar-refractivity contribution in [1.82, 2.24) is 5.16 Å². The quantitative estimate of drug-likeness (QED) is 0.612. The van der Waals surface area contributed by atoms with Crippen LogP contribution in [0.2, 0.25) is 5.02 Å². The smallest absolute Gasteiger partial charge is 0.297 e. The highest BCUT2D eigenvalue weighted by atomic mass is 35.5. The van der Waals surface area contributed by atoms with Crippen LogP contribution in [0.25, 0.3) is 0 Å². The molecule has 0 saturated carbocycles. The first kappa shape index (κ1) is 23.4. The summed E-state index contributed by atoms with van der Waals surface area (Å²) in [6, 6.07) is 8.37. The molecule has 1 saturated heterocycles. The summed E-state index contributed by atoms with van der Waals surface area (Å²) in [5.74, 6) is -1.31. The summed E-state index contributed by atoms with van der Waals surface area (Å²) in [4.78, 5) is 10.4. The second kappa shape index (κ2) is 8.23. The minimum atomic E-state index is -4.66. The van der Waals surface area contributed by atoms with E-state index in [1.54, 1.807) is 18.2 Å². The van der Waals surface area contributed by atoms with Crippen LogP contribution in [0, 0.1) is 18.3 Å². The van der Waals surface area contributed by atoms with Crippen molar-refractivity contribution in [3.63, 3.8) is 0 Å². The molecule has 11 nitrogen and oxygen atoms in total. The SMILES string of the molecule is COC1(C(=O)N(C)c2ccccc2C#N)SC=C2OCOC21S(=O)(=O)Nc1onc(C)c1Cl. The van der Waals surface area contributed by atoms with Gasteiger partial charge in [0.15, 0.2) is 12.6 Å². The Kier molecular flexibility index (Phi) is 5.83. The van der Waals surface area contributed by atoms with Crippen molar-refractivity contribution in [2.24, 2.45) is 0 Å². The van der Waals surface area contributed by atoms with Gasteiger partial charge in [0.2, 0.25) is 0 Å². The number of benzene rings is 1. The lowest BCUT2D eigenvalue weighted by Crippen LogP contribution is -2.65. The number of ether oxygens (including phenoxy) is 3. The van der Waals surface area contributed by atoms with Crippen LogP contribution in [0.3, 0.4) is 0 Å². The van der Waals surface area contributed by atoms with Crippen LogP contribution in [-0.2, 0) is 29.0 Å². The van der Waals surface area contributed by atoms with Crippen molar-refractivity contribution >= 4 is 50.9 Å². The number of carbonyl (C=O) groups excluding carboxylic acids is 1. The molecule has 4 rings (SSSR count). The minimum Gasteiger partial charge on any atom is -0.467 e. The number of rotatable bonds is 6. The molecule has 0 bridgehead atoms. The van der Waals surface area contributed by atoms with E-state index in [1.165, 1.54) is 32.6 Å². The number of halogens is 1. The van der Waals surface area contributed by atoms with Crippen molar-refractivity contribution in [2.45, 2.75) is 16.8 Å². The molecule has 1 aromatic carbocycles. The number of sulfonamides is 1. The lowest BCUT2D eigenvalue weighted by atomic mass is 10.1. The van der Waals surface area contributed by atoms with Crippen LogP contribution in [-0.4, -0.2) is 50.3 Å². The molecule has 174 valence electrons. The first-order chi connectivity index (χ1) is 15.6. The number of hydrogen-bond donors (Lipinski definition) is 1. The van der Waals surface area contributed by atoms with E-state index in [-0.39, 0.29) is 33.6 Å². The van der Waals surface area contributed by atoms with Gasteiger partial charge in [-0.1, -0.05) is 40.7 Å². The molecule has 0 spiro atoms. The third-order valence-electron chi connectivity index (χ3n) is 5.22. The molecular weight excluding hydrogens is 496 g/mol. The molecule has 0 aliphatic carbocycles. The molecule has 1 N–H and O–H groups in total. The molecule has 3 heterocycles. The Bertz CT molecular complexity index is 1310. The highest BCUT2D eigenvalue weighted by Crippen LogP contribution is 2.58. The average Bonchev–Trinajstić information content (AvgIpc) is 3.48. The molecule has 1 amide bonds. The zero-order valence-corrected chi connectivity index (χ0v) is 19.9. The lowest BCUT2D eigenvalue weighted by molar-refractivity contribution is -0.142. The van der Waals surface area contributed by atoms with E-state index >= 15 is 0 Å². The van der Waals surface area contributed by atoms with Gasteiger partial charge < -0.3 is 23.6 Å². The fourth-order valence-corrected chi connectivity index (χ4v) is 7.09. The minimum absolute atomic E-state index is 0.0560. The molecule has 33 heavy (non-hydrogen) atoms. The number of methoxy groups -OCH3 is 1. The summed E-state index contributed by atoms with van der Waals surface area (Å²) in [6.45, 7) is 1.08. The number of aromatic nitrogens is 1. The Morgan fingerprint density at radius 3 is 2.79 bits per heavy atom. The van der Waals surface area contributed by atoms with Crippen LogP contribution in [0.5, 0.6) is 0 Å². The Hall–Kier alpha value is -2.76. The molecule has 0 radical (unpaired) electrons. The van der Waals surface area contributed by atoms with E-state index in [0.29, 0.717) is 0 Å². The zero-order valence-electron chi connectivity index (χ0n) is 17.5. The Morgan fingerprint density at radius 1 is 1.42 bits per heavy atom. The van der Waals surface area contributed by atoms with Gasteiger partial charge in [-0.2, -0.15) is 5.26 Å². The maximum atomic E-state index is 13.8. The number of carbonyl (C=O) groups is 1. The Morgan fingerprint density at radius 2 is 2.15 bits per heavy atom. The molecular formula is C19H17ClN4O7S2. The first-order valence-corrected chi connectivity index (χ1v) is 12.0. The second-order valence-electron chi connectivity index (χ2n) is 6.95. The van der Waals surface area contributed by atoms with Crippen molar-refractivity contribution in [2.75, 3.05) is 30.6 Å². The summed E-state index contributed by atoms with van der Waals surface area (Å²) in [5, 5.41) is 14.4. The van der Waals surface area contributed by atoms with Gasteiger partial charge in [-0.3, -0.25) is 4.79 Å². The topological polar surface area (TPSA) is 144 Å². The first-order valence-electron chi connectivity index (χ1n) is 9.27. The number of aryl methyl sites for hydroxylation is 1. The number of para-hydroxylation sites is 1. The fraction of sp³-hybridized carbons (Fsp3) is 0.316. The van der Waals surface area contributed by atoms with Gasteiger partial charge in [-0.15, -0.1) is 0 Å². The number of amides is 1. The summed E-state index contributed by atoms with van der Waals surface area (Å²) in [7, 11) is -2.08. The Balaban J connectivity index is 1.83. The van der Waals surface area contributed by atoms with Gasteiger partial charge in [0.25, 0.3) is 31.7 Å². The van der Waals surface area contributed by atoms with Crippen molar-refractivity contribution in [1.29, 1.82) is 5.26 Å². The maximum absolute atomic E-state index is 13.8. The summed E-state index contributed by atoms with van der Waals surface area (Å²) in [6.07, 6.45) is 0. The molecule has 2 aliphatic rings. The van der Waals surface area contributed by atoms with Crippen molar-refractivity contribution in [3.8, 4) is 6.07 Å². The molecule has 14 heteroatoms. The lowest BCUT2D eigenvalue weighted by Gasteiger charge is -2.40. The van der Waals surface area contributed by atoms with Crippen LogP contribution < -0.4 is 9.62 Å². The zero-order chi connectivity index (χ0) is 24.0. The van der Waals surface area contributed by atoms with Gasteiger partial charge in [-0.25, -0.2) is 13.1 Å². The van der Waals surface area contributed by atoms with Gasteiger partial charge >= 0.3 is 0 Å². The molecule has 2 atom stereocenters. The molecule has 2 aliphatic heterocycles. The van der Waals surface area contributed by atoms with Crippen LogP contribution in [0.15, 0.2) is 40.0 Å². The number of hydrogen-bond acceptors (Lipinski definition) is 10.